The highest BCUT2D eigenvalue weighted by atomic mass is 16.5. The molecule has 0 fully saturated rings. The Morgan fingerprint density at radius 2 is 0.610 bits per heavy atom. The molecule has 2 unspecified atom stereocenters. The molecule has 456 valence electrons. The summed E-state index contributed by atoms with van der Waals surface area (Å²) in [6.45, 7) is 4.96. The van der Waals surface area contributed by atoms with Crippen molar-refractivity contribution in [1.82, 2.24) is 5.32 Å². The van der Waals surface area contributed by atoms with Crippen molar-refractivity contribution in [3.63, 3.8) is 0 Å². The van der Waals surface area contributed by atoms with Crippen molar-refractivity contribution in [2.75, 3.05) is 13.2 Å². The molecule has 77 heavy (non-hydrogen) atoms. The number of allylic oxidation sites excluding steroid dienone is 4. The number of aliphatic hydroxyl groups is 2. The quantitative estimate of drug-likeness (QED) is 0.0320. The molecule has 0 bridgehead atoms. The fraction of sp³-hybridized carbons (Fsp3) is 0.915. The Kier molecular flexibility index (Phi) is 65.4. The van der Waals surface area contributed by atoms with E-state index in [0.29, 0.717) is 25.9 Å². The molecule has 0 saturated heterocycles. The van der Waals surface area contributed by atoms with Crippen LogP contribution in [0.1, 0.15) is 393 Å². The minimum absolute atomic E-state index is 0.00633. The monoisotopic (exact) mass is 1080 g/mol. The zero-order valence-electron chi connectivity index (χ0n) is 52.2. The molecule has 6 heteroatoms. The molecule has 3 N–H and O–H groups in total. The van der Waals surface area contributed by atoms with Crippen LogP contribution in [-0.2, 0) is 14.3 Å². The second-order valence-electron chi connectivity index (χ2n) is 24.2. The third kappa shape index (κ3) is 63.4. The molecule has 1 amide bonds. The highest BCUT2D eigenvalue weighted by Gasteiger charge is 2.20. The summed E-state index contributed by atoms with van der Waals surface area (Å²) in [5.41, 5.74) is 0. The Bertz CT molecular complexity index is 1200. The first-order valence-corrected chi connectivity index (χ1v) is 35.1. The van der Waals surface area contributed by atoms with Crippen LogP contribution in [0.25, 0.3) is 0 Å². The van der Waals surface area contributed by atoms with Gasteiger partial charge < -0.3 is 20.3 Å². The number of carbonyl (C=O) groups excluding carboxylic acids is 2. The summed E-state index contributed by atoms with van der Waals surface area (Å²) in [5.74, 6) is -0.0244. The molecule has 0 aromatic heterocycles. The maximum Gasteiger partial charge on any atom is 0.305 e. The summed E-state index contributed by atoms with van der Waals surface area (Å²) in [5, 5.41) is 23.4. The van der Waals surface area contributed by atoms with Crippen molar-refractivity contribution in [2.24, 2.45) is 0 Å². The lowest BCUT2D eigenvalue weighted by molar-refractivity contribution is -0.143. The van der Waals surface area contributed by atoms with Gasteiger partial charge in [0.15, 0.2) is 0 Å². The number of amides is 1. The molecular formula is C71H137NO5. The molecule has 0 aliphatic heterocycles. The Morgan fingerprint density at radius 1 is 0.351 bits per heavy atom. The van der Waals surface area contributed by atoms with Crippen molar-refractivity contribution in [3.8, 4) is 0 Å². The summed E-state index contributed by atoms with van der Waals surface area (Å²) in [6, 6.07) is -0.542. The summed E-state index contributed by atoms with van der Waals surface area (Å²) in [6.07, 6.45) is 83.7. The van der Waals surface area contributed by atoms with Gasteiger partial charge in [0.1, 0.15) is 0 Å². The summed E-state index contributed by atoms with van der Waals surface area (Å²) in [7, 11) is 0. The molecule has 0 rings (SSSR count). The average Bonchev–Trinajstić information content (AvgIpc) is 3.43. The molecule has 0 aliphatic carbocycles. The second-order valence-corrected chi connectivity index (χ2v) is 24.2. The van der Waals surface area contributed by atoms with Gasteiger partial charge >= 0.3 is 5.97 Å². The predicted molar refractivity (Wildman–Crippen MR) is 338 cm³/mol. The topological polar surface area (TPSA) is 95.9 Å². The third-order valence-corrected chi connectivity index (χ3v) is 16.5. The molecule has 6 nitrogen and oxygen atoms in total. The van der Waals surface area contributed by atoms with E-state index in [1.165, 1.54) is 315 Å². The van der Waals surface area contributed by atoms with Crippen LogP contribution in [0.15, 0.2) is 24.3 Å². The van der Waals surface area contributed by atoms with Crippen molar-refractivity contribution in [2.45, 2.75) is 405 Å². The Labute approximate surface area is 481 Å². The zero-order chi connectivity index (χ0) is 55.7. The molecule has 0 aromatic carbocycles. The first-order chi connectivity index (χ1) is 38.0. The average molecular weight is 1080 g/mol. The zero-order valence-corrected chi connectivity index (χ0v) is 52.2. The van der Waals surface area contributed by atoms with Gasteiger partial charge in [-0.1, -0.05) is 327 Å². The number of carbonyl (C=O) groups is 2. The van der Waals surface area contributed by atoms with Gasteiger partial charge in [-0.25, -0.2) is 0 Å². The van der Waals surface area contributed by atoms with Crippen molar-refractivity contribution in [1.29, 1.82) is 0 Å². The second kappa shape index (κ2) is 66.8. The van der Waals surface area contributed by atoms with Crippen LogP contribution in [0.5, 0.6) is 0 Å². The third-order valence-electron chi connectivity index (χ3n) is 16.5. The summed E-state index contributed by atoms with van der Waals surface area (Å²) in [4.78, 5) is 24.6. The predicted octanol–water partition coefficient (Wildman–Crippen LogP) is 22.5. The Balaban J connectivity index is 3.38. The van der Waals surface area contributed by atoms with Crippen molar-refractivity contribution in [3.05, 3.63) is 24.3 Å². The molecule has 0 spiro atoms. The molecule has 0 aliphatic rings. The number of unbranched alkanes of at least 4 members (excludes halogenated alkanes) is 51. The van der Waals surface area contributed by atoms with E-state index in [1.54, 1.807) is 0 Å². The van der Waals surface area contributed by atoms with Crippen molar-refractivity contribution < 1.29 is 24.5 Å². The highest BCUT2D eigenvalue weighted by molar-refractivity contribution is 5.76. The minimum atomic E-state index is -0.665. The van der Waals surface area contributed by atoms with E-state index in [0.717, 1.165) is 44.9 Å². The van der Waals surface area contributed by atoms with E-state index in [4.69, 9.17) is 4.74 Å². The largest absolute Gasteiger partial charge is 0.466 e. The summed E-state index contributed by atoms with van der Waals surface area (Å²) >= 11 is 0. The number of esters is 1. The smallest absolute Gasteiger partial charge is 0.305 e. The van der Waals surface area contributed by atoms with Gasteiger partial charge in [-0.3, -0.25) is 9.59 Å². The number of rotatable bonds is 66. The summed E-state index contributed by atoms with van der Waals surface area (Å²) < 4.78 is 5.47. The molecular weight excluding hydrogens is 947 g/mol. The maximum atomic E-state index is 12.5. The first-order valence-electron chi connectivity index (χ1n) is 35.1. The van der Waals surface area contributed by atoms with Gasteiger partial charge in [0, 0.05) is 12.8 Å². The van der Waals surface area contributed by atoms with Crippen LogP contribution in [0, 0.1) is 0 Å². The van der Waals surface area contributed by atoms with Crippen molar-refractivity contribution >= 4 is 11.9 Å². The van der Waals surface area contributed by atoms with Crippen LogP contribution in [-0.4, -0.2) is 47.4 Å². The minimum Gasteiger partial charge on any atom is -0.466 e. The first kappa shape index (κ1) is 75.3. The number of hydrogen-bond donors (Lipinski definition) is 3. The lowest BCUT2D eigenvalue weighted by Crippen LogP contribution is -2.45. The van der Waals surface area contributed by atoms with Gasteiger partial charge in [0.25, 0.3) is 0 Å². The fourth-order valence-corrected chi connectivity index (χ4v) is 11.1. The van der Waals surface area contributed by atoms with Gasteiger partial charge in [0.2, 0.25) is 5.91 Å². The van der Waals surface area contributed by atoms with Crippen LogP contribution >= 0.6 is 0 Å². The number of nitrogens with one attached hydrogen (secondary N) is 1. The SMILES string of the molecule is CCCCC/C=C\CCCCCCCC(=O)OCCCCCCCCCCCCCC/C=C\CCCCCCCCCCCCCCC(=O)NC(CO)C(O)CCCCCCCCCCCCCCCCCCCCCC. The van der Waals surface area contributed by atoms with Crippen LogP contribution < -0.4 is 5.32 Å². The highest BCUT2D eigenvalue weighted by Crippen LogP contribution is 2.19. The molecule has 2 atom stereocenters. The van der Waals surface area contributed by atoms with Crippen LogP contribution in [0.3, 0.4) is 0 Å². The fourth-order valence-electron chi connectivity index (χ4n) is 11.1. The van der Waals surface area contributed by atoms with Gasteiger partial charge in [0.05, 0.1) is 25.4 Å². The van der Waals surface area contributed by atoms with Crippen LogP contribution in [0.4, 0.5) is 0 Å². The maximum absolute atomic E-state index is 12.5. The van der Waals surface area contributed by atoms with E-state index in [1.807, 2.05) is 0 Å². The number of ether oxygens (including phenoxy) is 1. The Morgan fingerprint density at radius 3 is 0.948 bits per heavy atom. The molecule has 0 aromatic rings. The van der Waals surface area contributed by atoms with Crippen LogP contribution in [0.2, 0.25) is 0 Å². The van der Waals surface area contributed by atoms with E-state index in [9.17, 15) is 19.8 Å². The Hall–Kier alpha value is -1.66. The lowest BCUT2D eigenvalue weighted by atomic mass is 10.0. The molecule has 0 heterocycles. The molecule has 0 radical (unpaired) electrons. The van der Waals surface area contributed by atoms with Gasteiger partial charge in [-0.05, 0) is 77.0 Å². The van der Waals surface area contributed by atoms with Gasteiger partial charge in [-0.2, -0.15) is 0 Å². The number of aliphatic hydroxyl groups excluding tert-OH is 2. The van der Waals surface area contributed by atoms with E-state index in [2.05, 4.69) is 43.5 Å². The lowest BCUT2D eigenvalue weighted by Gasteiger charge is -2.22. The van der Waals surface area contributed by atoms with Gasteiger partial charge in [-0.15, -0.1) is 0 Å². The standard InChI is InChI=1S/C71H137NO5/c1-3-5-7-9-11-13-15-17-18-19-20-31-34-37-40-43-47-51-55-59-63-69(74)68(67-73)72-70(75)64-60-56-52-48-44-41-38-35-32-29-27-25-23-21-22-24-26-28-30-33-36-39-42-46-50-54-58-62-66-77-71(76)65-61-57-53-49-45-16-14-12-10-8-6-4-2/h12,14,21-22,68-69,73-74H,3-11,13,15-20,23-67H2,1-2H3,(H,72,75)/b14-12-,22-21-. The molecule has 0 saturated carbocycles. The van der Waals surface area contributed by atoms with E-state index in [-0.39, 0.29) is 18.5 Å². The normalized spacial score (nSPS) is 12.6. The van der Waals surface area contributed by atoms with E-state index >= 15 is 0 Å². The number of hydrogen-bond acceptors (Lipinski definition) is 5. The van der Waals surface area contributed by atoms with E-state index < -0.39 is 12.1 Å².